The summed E-state index contributed by atoms with van der Waals surface area (Å²) in [5, 5.41) is 8.67. The van der Waals surface area contributed by atoms with Crippen molar-refractivity contribution in [1.29, 1.82) is 0 Å². The Labute approximate surface area is 167 Å². The van der Waals surface area contributed by atoms with Crippen LogP contribution in [0.15, 0.2) is 4.42 Å². The maximum Gasteiger partial charge on any atom is 0.222 e. The van der Waals surface area contributed by atoms with E-state index in [0.717, 1.165) is 30.5 Å². The lowest BCUT2D eigenvalue weighted by Gasteiger charge is -2.46. The predicted molar refractivity (Wildman–Crippen MR) is 113 cm³/mol. The summed E-state index contributed by atoms with van der Waals surface area (Å²) < 4.78 is 6.04. The van der Waals surface area contributed by atoms with Gasteiger partial charge in [-0.05, 0) is 64.0 Å². The fourth-order valence-electron chi connectivity index (χ4n) is 4.03. The fourth-order valence-corrected chi connectivity index (χ4v) is 4.03. The molecule has 156 valence electrons. The number of rotatable bonds is 5. The third-order valence-corrected chi connectivity index (χ3v) is 6.58. The number of nitrogens with zero attached hydrogens (tertiary/aromatic N) is 3. The van der Waals surface area contributed by atoms with Crippen LogP contribution in [0.25, 0.3) is 0 Å². The zero-order chi connectivity index (χ0) is 20.7. The van der Waals surface area contributed by atoms with E-state index in [-0.39, 0.29) is 16.4 Å². The van der Waals surface area contributed by atoms with Gasteiger partial charge in [-0.1, -0.05) is 55.4 Å². The molecule has 0 spiro atoms. The molecular formula is C23H43N3O. The molecule has 0 bridgehead atoms. The first kappa shape index (κ1) is 22.4. The standard InChI is InChI=1S/C23H43N3O/c1-20(2,3)17-11-15-26(16-12-17)23(9,10)14-13-22(7,8)19-25-24-18(27-19)21(4,5)6/h17H,11-16H2,1-10H3. The lowest BCUT2D eigenvalue weighted by Crippen LogP contribution is -2.50. The van der Waals surface area contributed by atoms with Gasteiger partial charge in [0, 0.05) is 16.4 Å². The first-order valence-corrected chi connectivity index (χ1v) is 10.7. The highest BCUT2D eigenvalue weighted by Crippen LogP contribution is 2.38. The molecule has 0 aromatic carbocycles. The molecule has 0 saturated carbocycles. The summed E-state index contributed by atoms with van der Waals surface area (Å²) in [6.07, 6.45) is 4.81. The van der Waals surface area contributed by atoms with Gasteiger partial charge in [-0.25, -0.2) is 0 Å². The predicted octanol–water partition coefficient (Wildman–Crippen LogP) is 5.96. The van der Waals surface area contributed by atoms with Crippen LogP contribution in [-0.4, -0.2) is 33.7 Å². The normalized spacial score (nSPS) is 18.9. The second-order valence-electron chi connectivity index (χ2n) is 12.0. The minimum atomic E-state index is -0.0997. The van der Waals surface area contributed by atoms with Crippen molar-refractivity contribution in [3.8, 4) is 0 Å². The summed E-state index contributed by atoms with van der Waals surface area (Å²) in [5.74, 6) is 2.35. The Bertz CT molecular complexity index is 608. The average Bonchev–Trinajstić information content (AvgIpc) is 3.04. The Morgan fingerprint density at radius 2 is 1.33 bits per heavy atom. The van der Waals surface area contributed by atoms with E-state index >= 15 is 0 Å². The second-order valence-corrected chi connectivity index (χ2v) is 12.0. The van der Waals surface area contributed by atoms with E-state index in [0.29, 0.717) is 5.41 Å². The van der Waals surface area contributed by atoms with Crippen LogP contribution in [-0.2, 0) is 10.8 Å². The van der Waals surface area contributed by atoms with Crippen LogP contribution in [0.4, 0.5) is 0 Å². The zero-order valence-corrected chi connectivity index (χ0v) is 19.6. The molecule has 0 amide bonds. The molecule has 0 N–H and O–H groups in total. The van der Waals surface area contributed by atoms with Gasteiger partial charge < -0.3 is 4.42 Å². The van der Waals surface area contributed by atoms with E-state index < -0.39 is 0 Å². The molecule has 0 radical (unpaired) electrons. The van der Waals surface area contributed by atoms with Crippen molar-refractivity contribution < 1.29 is 4.42 Å². The maximum absolute atomic E-state index is 6.04. The zero-order valence-electron chi connectivity index (χ0n) is 19.6. The van der Waals surface area contributed by atoms with Gasteiger partial charge in [0.1, 0.15) is 0 Å². The third kappa shape index (κ3) is 5.56. The monoisotopic (exact) mass is 377 g/mol. The molecule has 27 heavy (non-hydrogen) atoms. The van der Waals surface area contributed by atoms with Crippen molar-refractivity contribution in [3.05, 3.63) is 11.8 Å². The smallest absolute Gasteiger partial charge is 0.222 e. The van der Waals surface area contributed by atoms with Gasteiger partial charge in [-0.2, -0.15) is 0 Å². The summed E-state index contributed by atoms with van der Waals surface area (Å²) in [4.78, 5) is 2.69. The molecule has 1 saturated heterocycles. The molecule has 2 heterocycles. The molecule has 2 rings (SSSR count). The summed E-state index contributed by atoms with van der Waals surface area (Å²) in [5.41, 5.74) is 0.434. The molecule has 1 aromatic rings. The van der Waals surface area contributed by atoms with Crippen LogP contribution >= 0.6 is 0 Å². The molecular weight excluding hydrogens is 334 g/mol. The van der Waals surface area contributed by atoms with Crippen molar-refractivity contribution >= 4 is 0 Å². The Kier molecular flexibility index (Phi) is 6.22. The van der Waals surface area contributed by atoms with E-state index in [1.54, 1.807) is 0 Å². The lowest BCUT2D eigenvalue weighted by molar-refractivity contribution is 0.0352. The number of aromatic nitrogens is 2. The first-order valence-electron chi connectivity index (χ1n) is 10.7. The van der Waals surface area contributed by atoms with Crippen molar-refractivity contribution in [1.82, 2.24) is 15.1 Å². The molecule has 0 atom stereocenters. The van der Waals surface area contributed by atoms with Gasteiger partial charge in [0.15, 0.2) is 0 Å². The summed E-state index contributed by atoms with van der Waals surface area (Å²) in [6, 6.07) is 0. The Morgan fingerprint density at radius 1 is 0.815 bits per heavy atom. The van der Waals surface area contributed by atoms with Crippen molar-refractivity contribution in [3.63, 3.8) is 0 Å². The second kappa shape index (κ2) is 7.50. The van der Waals surface area contributed by atoms with Gasteiger partial charge in [-0.3, -0.25) is 4.90 Å². The maximum atomic E-state index is 6.04. The highest BCUT2D eigenvalue weighted by atomic mass is 16.4. The number of hydrogen-bond acceptors (Lipinski definition) is 4. The van der Waals surface area contributed by atoms with Gasteiger partial charge in [-0.15, -0.1) is 10.2 Å². The van der Waals surface area contributed by atoms with Gasteiger partial charge >= 0.3 is 0 Å². The number of likely N-dealkylation sites (tertiary alicyclic amines) is 1. The minimum absolute atomic E-state index is 0.0992. The van der Waals surface area contributed by atoms with Crippen LogP contribution in [0.3, 0.4) is 0 Å². The van der Waals surface area contributed by atoms with E-state index in [1.165, 1.54) is 25.9 Å². The largest absolute Gasteiger partial charge is 0.424 e. The molecule has 0 unspecified atom stereocenters. The molecule has 1 aromatic heterocycles. The summed E-state index contributed by atoms with van der Waals surface area (Å²) >= 11 is 0. The van der Waals surface area contributed by atoms with Crippen molar-refractivity contribution in [2.45, 2.75) is 111 Å². The molecule has 0 aliphatic carbocycles. The molecule has 1 aliphatic heterocycles. The highest BCUT2D eigenvalue weighted by molar-refractivity contribution is 5.04. The Balaban J connectivity index is 1.97. The first-order chi connectivity index (χ1) is 12.1. The minimum Gasteiger partial charge on any atom is -0.424 e. The topological polar surface area (TPSA) is 42.2 Å². The van der Waals surface area contributed by atoms with E-state index in [2.05, 4.69) is 84.3 Å². The number of hydrogen-bond donors (Lipinski definition) is 0. The SMILES string of the molecule is CC(C)(C)c1nnc(C(C)(C)CCC(C)(C)N2CCC(C(C)(C)C)CC2)o1. The van der Waals surface area contributed by atoms with Crippen LogP contribution in [0, 0.1) is 11.3 Å². The van der Waals surface area contributed by atoms with E-state index in [4.69, 9.17) is 4.42 Å². The van der Waals surface area contributed by atoms with Crippen LogP contribution in [0.2, 0.25) is 0 Å². The fraction of sp³-hybridized carbons (Fsp3) is 0.913. The Hall–Kier alpha value is -0.900. The van der Waals surface area contributed by atoms with Crippen molar-refractivity contribution in [2.24, 2.45) is 11.3 Å². The number of piperidine rings is 1. The van der Waals surface area contributed by atoms with Crippen LogP contribution in [0.5, 0.6) is 0 Å². The molecule has 1 aliphatic rings. The quantitative estimate of drug-likeness (QED) is 0.635. The highest BCUT2D eigenvalue weighted by Gasteiger charge is 2.37. The van der Waals surface area contributed by atoms with Gasteiger partial charge in [0.25, 0.3) is 0 Å². The van der Waals surface area contributed by atoms with Gasteiger partial charge in [0.2, 0.25) is 11.8 Å². The van der Waals surface area contributed by atoms with E-state index in [1.807, 2.05) is 0 Å². The molecule has 1 fully saturated rings. The summed E-state index contributed by atoms with van der Waals surface area (Å²) in [7, 11) is 0. The molecule has 4 nitrogen and oxygen atoms in total. The Morgan fingerprint density at radius 3 is 1.78 bits per heavy atom. The van der Waals surface area contributed by atoms with Crippen LogP contribution in [0.1, 0.15) is 107 Å². The van der Waals surface area contributed by atoms with Gasteiger partial charge in [0.05, 0.1) is 0 Å². The summed E-state index contributed by atoms with van der Waals surface area (Å²) in [6.45, 7) is 25.2. The molecule has 4 heteroatoms. The third-order valence-electron chi connectivity index (χ3n) is 6.58. The van der Waals surface area contributed by atoms with Crippen molar-refractivity contribution in [2.75, 3.05) is 13.1 Å². The van der Waals surface area contributed by atoms with E-state index in [9.17, 15) is 0 Å². The lowest BCUT2D eigenvalue weighted by atomic mass is 9.74. The van der Waals surface area contributed by atoms with Crippen LogP contribution < -0.4 is 0 Å². The average molecular weight is 378 g/mol.